The number of aryl methyl sites for hydroxylation is 1. The molecule has 7 heteroatoms. The topological polar surface area (TPSA) is 82.0 Å². The number of thioether (sulfide) groups is 1. The molecule has 1 aromatic heterocycles. The second kappa shape index (κ2) is 9.07. The van der Waals surface area contributed by atoms with Crippen LogP contribution in [0.2, 0.25) is 0 Å². The fourth-order valence-electron chi connectivity index (χ4n) is 2.59. The van der Waals surface area contributed by atoms with Gasteiger partial charge >= 0.3 is 0 Å². The zero-order valence-corrected chi connectivity index (χ0v) is 16.7. The van der Waals surface area contributed by atoms with Gasteiger partial charge < -0.3 is 10.6 Å². The zero-order chi connectivity index (χ0) is 19.2. The Hall–Kier alpha value is -2.30. The summed E-state index contributed by atoms with van der Waals surface area (Å²) in [6.45, 7) is 2.44. The third-order valence-electron chi connectivity index (χ3n) is 4.25. The van der Waals surface area contributed by atoms with E-state index < -0.39 is 0 Å². The van der Waals surface area contributed by atoms with Crippen LogP contribution < -0.4 is 10.6 Å². The van der Waals surface area contributed by atoms with E-state index in [9.17, 15) is 9.59 Å². The van der Waals surface area contributed by atoms with E-state index in [1.807, 2.05) is 37.3 Å². The van der Waals surface area contributed by atoms with Crippen molar-refractivity contribution in [2.45, 2.75) is 25.5 Å². The molecule has 2 N–H and O–H groups in total. The third-order valence-corrected chi connectivity index (χ3v) is 6.41. The maximum atomic E-state index is 12.4. The molecule has 3 rings (SSSR count). The molecule has 0 atom stereocenters. The van der Waals surface area contributed by atoms with E-state index in [2.05, 4.69) is 16.7 Å². The minimum absolute atomic E-state index is 0.0530. The first-order valence-corrected chi connectivity index (χ1v) is 10.8. The lowest BCUT2D eigenvalue weighted by Gasteiger charge is -2.06. The van der Waals surface area contributed by atoms with Gasteiger partial charge in [0, 0.05) is 24.0 Å². The molecule has 1 fully saturated rings. The number of carbonyl (C=O) groups excluding carboxylic acids is 2. The minimum atomic E-state index is -0.109. The third kappa shape index (κ3) is 5.34. The van der Waals surface area contributed by atoms with Gasteiger partial charge in [-0.2, -0.15) is 17.0 Å². The number of nitrogens with one attached hydrogen (secondary N) is 2. The summed E-state index contributed by atoms with van der Waals surface area (Å²) >= 11 is 3.00. The molecule has 2 amide bonds. The molecule has 5 nitrogen and oxygen atoms in total. The van der Waals surface area contributed by atoms with Crippen LogP contribution in [0.5, 0.6) is 0 Å². The fourth-order valence-corrected chi connectivity index (χ4v) is 4.45. The number of benzene rings is 1. The highest BCUT2D eigenvalue weighted by atomic mass is 32.2. The second-order valence-electron chi connectivity index (χ2n) is 6.46. The summed E-state index contributed by atoms with van der Waals surface area (Å²) in [6.07, 6.45) is 1.92. The average Bonchev–Trinajstić information content (AvgIpc) is 3.45. The summed E-state index contributed by atoms with van der Waals surface area (Å²) in [7, 11) is 0. The Morgan fingerprint density at radius 2 is 2.11 bits per heavy atom. The first kappa shape index (κ1) is 19.5. The van der Waals surface area contributed by atoms with Gasteiger partial charge in [0.15, 0.2) is 0 Å². The van der Waals surface area contributed by atoms with Crippen molar-refractivity contribution in [1.29, 1.82) is 5.26 Å². The fraction of sp³-hybridized carbons (Fsp3) is 0.350. The molecule has 1 aromatic carbocycles. The van der Waals surface area contributed by atoms with E-state index in [4.69, 9.17) is 5.26 Å². The second-order valence-corrected chi connectivity index (χ2v) is 8.62. The number of amides is 2. The zero-order valence-electron chi connectivity index (χ0n) is 15.1. The first-order chi connectivity index (χ1) is 13.1. The molecule has 1 aliphatic rings. The summed E-state index contributed by atoms with van der Waals surface area (Å²) in [4.78, 5) is 24.9. The van der Waals surface area contributed by atoms with Crippen molar-refractivity contribution >= 4 is 39.9 Å². The van der Waals surface area contributed by atoms with Gasteiger partial charge in [0.1, 0.15) is 0 Å². The Balaban J connectivity index is 1.43. The highest BCUT2D eigenvalue weighted by Crippen LogP contribution is 2.32. The monoisotopic (exact) mass is 399 g/mol. The molecule has 0 aliphatic heterocycles. The molecule has 1 saturated carbocycles. The summed E-state index contributed by atoms with van der Waals surface area (Å²) in [5.41, 5.74) is 2.59. The highest BCUT2D eigenvalue weighted by molar-refractivity contribution is 7.98. The SMILES string of the molecule is Cc1cc(NC(=O)C2CC2)sc1C(=O)NCCSCc1ccccc1C#N. The average molecular weight is 400 g/mol. The van der Waals surface area contributed by atoms with Gasteiger partial charge in [0.25, 0.3) is 5.91 Å². The number of thiophene rings is 1. The van der Waals surface area contributed by atoms with Crippen LogP contribution >= 0.6 is 23.1 Å². The maximum absolute atomic E-state index is 12.4. The lowest BCUT2D eigenvalue weighted by Crippen LogP contribution is -2.25. The Labute approximate surface area is 167 Å². The van der Waals surface area contributed by atoms with Crippen molar-refractivity contribution in [1.82, 2.24) is 5.32 Å². The van der Waals surface area contributed by atoms with E-state index in [-0.39, 0.29) is 17.7 Å². The van der Waals surface area contributed by atoms with E-state index >= 15 is 0 Å². The Kier molecular flexibility index (Phi) is 6.54. The van der Waals surface area contributed by atoms with Gasteiger partial charge in [-0.05, 0) is 43.0 Å². The molecule has 0 saturated heterocycles. The maximum Gasteiger partial charge on any atom is 0.261 e. The van der Waals surface area contributed by atoms with Gasteiger partial charge in [0.05, 0.1) is 21.5 Å². The summed E-state index contributed by atoms with van der Waals surface area (Å²) in [5, 5.41) is 15.7. The van der Waals surface area contributed by atoms with Crippen molar-refractivity contribution in [3.8, 4) is 6.07 Å². The van der Waals surface area contributed by atoms with Gasteiger partial charge in [-0.15, -0.1) is 11.3 Å². The molecular formula is C20H21N3O2S2. The molecule has 27 heavy (non-hydrogen) atoms. The van der Waals surface area contributed by atoms with Gasteiger partial charge in [-0.25, -0.2) is 0 Å². The number of hydrogen-bond acceptors (Lipinski definition) is 5. The van der Waals surface area contributed by atoms with Crippen LogP contribution in [0.25, 0.3) is 0 Å². The van der Waals surface area contributed by atoms with E-state index in [0.29, 0.717) is 17.0 Å². The van der Waals surface area contributed by atoms with Crippen LogP contribution in [0, 0.1) is 24.2 Å². The predicted octanol–water partition coefficient (Wildman–Crippen LogP) is 3.94. The highest BCUT2D eigenvalue weighted by Gasteiger charge is 2.30. The van der Waals surface area contributed by atoms with Crippen LogP contribution in [0.3, 0.4) is 0 Å². The number of carbonyl (C=O) groups is 2. The molecule has 2 aromatic rings. The quantitative estimate of drug-likeness (QED) is 0.659. The molecule has 0 unspecified atom stereocenters. The van der Waals surface area contributed by atoms with Crippen LogP contribution in [0.1, 0.15) is 39.2 Å². The molecule has 1 heterocycles. The first-order valence-electron chi connectivity index (χ1n) is 8.83. The van der Waals surface area contributed by atoms with Crippen molar-refractivity contribution < 1.29 is 9.59 Å². The summed E-state index contributed by atoms with van der Waals surface area (Å²) in [5.74, 6) is 1.60. The molecule has 0 spiro atoms. The summed E-state index contributed by atoms with van der Waals surface area (Å²) < 4.78 is 0. The molecule has 1 aliphatic carbocycles. The predicted molar refractivity (Wildman–Crippen MR) is 110 cm³/mol. The van der Waals surface area contributed by atoms with E-state index in [1.54, 1.807) is 11.8 Å². The van der Waals surface area contributed by atoms with Gasteiger partial charge in [0.2, 0.25) is 5.91 Å². The normalized spacial score (nSPS) is 13.0. The molecular weight excluding hydrogens is 378 g/mol. The van der Waals surface area contributed by atoms with Crippen LogP contribution in [-0.4, -0.2) is 24.1 Å². The van der Waals surface area contributed by atoms with Gasteiger partial charge in [-0.1, -0.05) is 18.2 Å². The molecule has 0 bridgehead atoms. The van der Waals surface area contributed by atoms with Crippen LogP contribution in [-0.2, 0) is 10.5 Å². The van der Waals surface area contributed by atoms with Crippen LogP contribution in [0.4, 0.5) is 5.00 Å². The number of nitriles is 1. The number of rotatable bonds is 8. The van der Waals surface area contributed by atoms with Crippen molar-refractivity contribution in [3.05, 3.63) is 51.9 Å². The van der Waals surface area contributed by atoms with Crippen molar-refractivity contribution in [2.75, 3.05) is 17.6 Å². The smallest absolute Gasteiger partial charge is 0.261 e. The number of hydrogen-bond donors (Lipinski definition) is 2. The lowest BCUT2D eigenvalue weighted by atomic mass is 10.1. The van der Waals surface area contributed by atoms with Crippen molar-refractivity contribution in [2.24, 2.45) is 5.92 Å². The largest absolute Gasteiger partial charge is 0.351 e. The standard InChI is InChI=1S/C20H21N3O2S2/c1-13-10-17(23-19(24)14-6-7-14)27-18(13)20(25)22-8-9-26-12-16-5-3-2-4-15(16)11-21/h2-5,10,14H,6-9,12H2,1H3,(H,22,25)(H,23,24). The Bertz CT molecular complexity index is 882. The number of nitrogens with zero attached hydrogens (tertiary/aromatic N) is 1. The minimum Gasteiger partial charge on any atom is -0.351 e. The summed E-state index contributed by atoms with van der Waals surface area (Å²) in [6, 6.07) is 11.6. The lowest BCUT2D eigenvalue weighted by molar-refractivity contribution is -0.117. The molecule has 140 valence electrons. The van der Waals surface area contributed by atoms with Crippen LogP contribution in [0.15, 0.2) is 30.3 Å². The van der Waals surface area contributed by atoms with Crippen molar-refractivity contribution in [3.63, 3.8) is 0 Å². The van der Waals surface area contributed by atoms with E-state index in [1.165, 1.54) is 11.3 Å². The number of anilines is 1. The van der Waals surface area contributed by atoms with E-state index in [0.717, 1.165) is 40.5 Å². The molecule has 0 radical (unpaired) electrons. The Morgan fingerprint density at radius 1 is 1.33 bits per heavy atom. The van der Waals surface area contributed by atoms with Gasteiger partial charge in [-0.3, -0.25) is 9.59 Å². The Morgan fingerprint density at radius 3 is 2.85 bits per heavy atom.